The Morgan fingerprint density at radius 2 is 0.418 bits per heavy atom. The first-order chi connectivity index (χ1) is 32.0. The second-order valence-electron chi connectivity index (χ2n) is 18.3. The van der Waals surface area contributed by atoms with Crippen molar-refractivity contribution in [1.82, 2.24) is 0 Å². The van der Waals surface area contributed by atoms with Crippen LogP contribution in [0.4, 0.5) is 0 Å². The molecule has 0 aromatic heterocycles. The second kappa shape index (κ2) is 28.6. The quantitative estimate of drug-likeness (QED) is 0.0363. The fourth-order valence-electron chi connectivity index (χ4n) is 9.79. The molecule has 0 unspecified atom stereocenters. The molecule has 0 aliphatic heterocycles. The molecule has 0 aliphatic carbocycles. The second-order valence-corrected chi connectivity index (χ2v) is 18.3. The summed E-state index contributed by atoms with van der Waals surface area (Å²) < 4.78 is 30.0. The van der Waals surface area contributed by atoms with E-state index in [1.165, 1.54) is 0 Å². The minimum Gasteiger partial charge on any atom is -1.00 e. The van der Waals surface area contributed by atoms with Gasteiger partial charge < -0.3 is 53.9 Å². The van der Waals surface area contributed by atoms with Gasteiger partial charge in [0.05, 0.1) is 78.5 Å². The van der Waals surface area contributed by atoms with Crippen LogP contribution in [0.2, 0.25) is 0 Å². The molecule has 372 valence electrons. The molecule has 0 N–H and O–H groups in total. The van der Waals surface area contributed by atoms with Crippen molar-refractivity contribution >= 4 is 11.1 Å². The molecule has 4 aromatic carbocycles. The van der Waals surface area contributed by atoms with E-state index in [0.29, 0.717) is 26.4 Å². The van der Waals surface area contributed by atoms with Gasteiger partial charge in [-0.05, 0) is 165 Å². The maximum absolute atomic E-state index is 6.43. The molecule has 4 rings (SSSR count). The predicted octanol–water partition coefficient (Wildman–Crippen LogP) is 8.72. The van der Waals surface area contributed by atoms with E-state index >= 15 is 0 Å². The molecule has 0 saturated carbocycles. The van der Waals surface area contributed by atoms with E-state index in [0.717, 1.165) is 179 Å². The van der Waals surface area contributed by atoms with Gasteiger partial charge in [0.1, 0.15) is 75.6 Å². The van der Waals surface area contributed by atoms with Crippen molar-refractivity contribution < 1.29 is 53.9 Å². The van der Waals surface area contributed by atoms with Crippen LogP contribution in [0.15, 0.2) is 97.1 Å². The molecular formula is C58H92BrN4O4+3. The highest BCUT2D eigenvalue weighted by atomic mass is 79.9. The first-order valence-electron chi connectivity index (χ1n) is 26.1. The smallest absolute Gasteiger partial charge is 0.137 e. The predicted molar refractivity (Wildman–Crippen MR) is 280 cm³/mol. The molecule has 0 aliphatic rings. The highest BCUT2D eigenvalue weighted by molar-refractivity contribution is 6.04. The van der Waals surface area contributed by atoms with Crippen molar-refractivity contribution in [3.05, 3.63) is 119 Å². The molecule has 8 nitrogen and oxygen atoms in total. The molecule has 0 amide bonds. The molecule has 0 saturated heterocycles. The van der Waals surface area contributed by atoms with Crippen LogP contribution in [0.3, 0.4) is 0 Å². The third-order valence-electron chi connectivity index (χ3n) is 16.2. The number of benzene rings is 4. The lowest BCUT2D eigenvalue weighted by Gasteiger charge is -2.35. The van der Waals surface area contributed by atoms with Gasteiger partial charge >= 0.3 is 0 Å². The fourth-order valence-corrected chi connectivity index (χ4v) is 9.79. The summed E-state index contributed by atoms with van der Waals surface area (Å²) in [4.78, 5) is 0. The average molecular weight is 989 g/mol. The summed E-state index contributed by atoms with van der Waals surface area (Å²) in [5, 5.41) is 0. The van der Waals surface area contributed by atoms with Crippen molar-refractivity contribution in [1.29, 1.82) is 0 Å². The number of nitrogens with zero attached hydrogens (tertiary/aromatic N) is 4. The normalized spacial score (nSPS) is 12.1. The van der Waals surface area contributed by atoms with Crippen LogP contribution < -0.4 is 35.9 Å². The Labute approximate surface area is 419 Å². The van der Waals surface area contributed by atoms with Gasteiger partial charge in [-0.15, -0.1) is 0 Å². The highest BCUT2D eigenvalue weighted by Gasteiger charge is 2.24. The number of likely N-dealkylation sites (N-methyl/N-ethyl adjacent to an activating group) is 4. The Hall–Kier alpha value is -3.86. The van der Waals surface area contributed by atoms with Gasteiger partial charge in [-0.2, -0.15) is 0 Å². The van der Waals surface area contributed by atoms with Gasteiger partial charge in [0.2, 0.25) is 0 Å². The van der Waals surface area contributed by atoms with Crippen molar-refractivity contribution in [2.75, 3.05) is 131 Å². The summed E-state index contributed by atoms with van der Waals surface area (Å²) in [6, 6.07) is 34.9. The van der Waals surface area contributed by atoms with Gasteiger partial charge in [0.15, 0.2) is 0 Å². The summed E-state index contributed by atoms with van der Waals surface area (Å²) in [6.45, 7) is 47.5. The lowest BCUT2D eigenvalue weighted by molar-refractivity contribution is -0.923. The van der Waals surface area contributed by atoms with Crippen molar-refractivity contribution in [3.63, 3.8) is 0 Å². The van der Waals surface area contributed by atoms with Gasteiger partial charge in [-0.1, -0.05) is 48.5 Å². The third-order valence-corrected chi connectivity index (χ3v) is 16.2. The summed E-state index contributed by atoms with van der Waals surface area (Å²) in [5.74, 6) is 3.56. The van der Waals surface area contributed by atoms with E-state index < -0.39 is 0 Å². The van der Waals surface area contributed by atoms with Crippen LogP contribution in [0.1, 0.15) is 105 Å². The number of quaternary nitrogens is 4. The van der Waals surface area contributed by atoms with Gasteiger partial charge in [-0.3, -0.25) is 0 Å². The standard InChI is InChI=1S/C58H92N4O4.BrH/c1-13-59(14-2,15-3)41-45-63-53-33-25-49(26-34-53)57(50-27-35-54(36-28-50)64-46-42-60(16-4,17-5)18-6)58(51-29-37-55(38-30-51)65-47-43-61(19-7,20-8)21-9)52-31-39-56(40-32-52)66-48-44-62(22-10,23-11)24-12;/h25-40H,13-24,41-48H2,1-12H3;1H/q+4;/p-1. The minimum absolute atomic E-state index is 0. The zero-order chi connectivity index (χ0) is 48.1. The van der Waals surface area contributed by atoms with E-state index in [2.05, 4.69) is 180 Å². The SMILES string of the molecule is CC[N+](CC)(CC)CCOc1ccc(C(=C(c2ccc(OCC[N+](CC)(CC)CC)cc2)c2ccc(OCC[N+](CC)(CC)CC)cc2)c2ccc(OCC[N+](CC)(CC)CC)cc2)cc1.[Br-]. The molecular weight excluding hydrogens is 897 g/mol. The number of halogens is 1. The zero-order valence-electron chi connectivity index (χ0n) is 44.2. The maximum Gasteiger partial charge on any atom is 0.137 e. The Morgan fingerprint density at radius 3 is 0.552 bits per heavy atom. The van der Waals surface area contributed by atoms with Crippen LogP contribution in [-0.2, 0) is 0 Å². The first-order valence-corrected chi connectivity index (χ1v) is 26.1. The van der Waals surface area contributed by atoms with E-state index in [1.807, 2.05) is 0 Å². The summed E-state index contributed by atoms with van der Waals surface area (Å²) in [7, 11) is 0. The average Bonchev–Trinajstić information content (AvgIpc) is 3.38. The Bertz CT molecular complexity index is 1660. The van der Waals surface area contributed by atoms with Gasteiger partial charge in [-0.25, -0.2) is 0 Å². The van der Waals surface area contributed by atoms with Crippen LogP contribution >= 0.6 is 0 Å². The number of hydrogen-bond donors (Lipinski definition) is 0. The maximum atomic E-state index is 6.43. The lowest BCUT2D eigenvalue weighted by atomic mass is 9.85. The molecule has 9 heteroatoms. The van der Waals surface area contributed by atoms with Crippen LogP contribution in [0, 0.1) is 0 Å². The molecule has 0 fully saturated rings. The minimum atomic E-state index is 0. The molecule has 0 bridgehead atoms. The first kappa shape index (κ1) is 57.5. The van der Waals surface area contributed by atoms with Crippen molar-refractivity contribution in [3.8, 4) is 23.0 Å². The summed E-state index contributed by atoms with van der Waals surface area (Å²) >= 11 is 0. The van der Waals surface area contributed by atoms with Gasteiger partial charge in [0.25, 0.3) is 0 Å². The number of ether oxygens (including phenoxy) is 4. The Balaban J connectivity index is 0.0000119. The number of rotatable bonds is 32. The highest BCUT2D eigenvalue weighted by Crippen LogP contribution is 2.39. The van der Waals surface area contributed by atoms with E-state index in [1.54, 1.807) is 0 Å². The summed E-state index contributed by atoms with van der Waals surface area (Å²) in [6.07, 6.45) is 0. The fraction of sp³-hybridized carbons (Fsp3) is 0.552. The van der Waals surface area contributed by atoms with Gasteiger partial charge in [0, 0.05) is 0 Å². The Morgan fingerprint density at radius 1 is 0.269 bits per heavy atom. The largest absolute Gasteiger partial charge is 1.00 e. The van der Waals surface area contributed by atoms with Crippen LogP contribution in [-0.4, -0.2) is 149 Å². The van der Waals surface area contributed by atoms with E-state index in [9.17, 15) is 0 Å². The van der Waals surface area contributed by atoms with Crippen LogP contribution in [0.5, 0.6) is 23.0 Å². The molecule has 0 radical (unpaired) electrons. The van der Waals surface area contributed by atoms with Crippen LogP contribution in [0.25, 0.3) is 11.1 Å². The molecule has 4 aromatic rings. The number of hydrogen-bond acceptors (Lipinski definition) is 4. The zero-order valence-corrected chi connectivity index (χ0v) is 45.8. The third kappa shape index (κ3) is 15.6. The van der Waals surface area contributed by atoms with Crippen molar-refractivity contribution in [2.24, 2.45) is 0 Å². The molecule has 0 spiro atoms. The summed E-state index contributed by atoms with van der Waals surface area (Å²) in [5.41, 5.74) is 6.74. The van der Waals surface area contributed by atoms with E-state index in [-0.39, 0.29) is 17.0 Å². The molecule has 0 heterocycles. The molecule has 0 atom stereocenters. The topological polar surface area (TPSA) is 36.9 Å². The van der Waals surface area contributed by atoms with E-state index in [4.69, 9.17) is 18.9 Å². The monoisotopic (exact) mass is 988 g/mol. The Kier molecular flexibility index (Phi) is 24.5. The van der Waals surface area contributed by atoms with Crippen molar-refractivity contribution in [2.45, 2.75) is 83.1 Å². The molecule has 67 heavy (non-hydrogen) atoms. The lowest BCUT2D eigenvalue weighted by Crippen LogP contribution is -3.00.